The van der Waals surface area contributed by atoms with Crippen LogP contribution in [-0.4, -0.2) is 59.7 Å². The van der Waals surface area contributed by atoms with Gasteiger partial charge in [0.05, 0.1) is 18.2 Å². The Labute approximate surface area is 185 Å². The van der Waals surface area contributed by atoms with Crippen LogP contribution in [0.15, 0.2) is 24.4 Å². The lowest BCUT2D eigenvalue weighted by Gasteiger charge is -2.53. The van der Waals surface area contributed by atoms with E-state index < -0.39 is 30.3 Å². The fraction of sp³-hybridized carbons (Fsp3) is 0.450. The summed E-state index contributed by atoms with van der Waals surface area (Å²) >= 11 is 0. The van der Waals surface area contributed by atoms with Crippen LogP contribution in [0.4, 0.5) is 39.4 Å². The molecule has 0 aromatic carbocycles. The molecule has 0 bridgehead atoms. The molecule has 0 atom stereocenters. The van der Waals surface area contributed by atoms with Crippen LogP contribution >= 0.6 is 0 Å². The van der Waals surface area contributed by atoms with Crippen LogP contribution in [0, 0.1) is 10.8 Å². The van der Waals surface area contributed by atoms with Gasteiger partial charge >= 0.3 is 6.18 Å². The summed E-state index contributed by atoms with van der Waals surface area (Å²) in [7, 11) is 0. The Hall–Kier alpha value is -3.38. The van der Waals surface area contributed by atoms with Crippen LogP contribution in [0.25, 0.3) is 0 Å². The standard InChI is InChI=1S/C20H20F5N7O/c21-14(22)8-28-17-12(7-26)27-9-16(30-17)31-10-19(11-31)5-2-6-32(18(19)33)15-4-1-3-13(29-15)20(23,24)25/h1,3-4,7,9,14,26H,2,5-6,8,10-11H2,(H,28,30). The number of piperidine rings is 1. The van der Waals surface area contributed by atoms with E-state index in [9.17, 15) is 26.7 Å². The molecule has 4 rings (SSSR count). The maximum absolute atomic E-state index is 13.2. The molecule has 4 heterocycles. The van der Waals surface area contributed by atoms with Gasteiger partial charge < -0.3 is 15.6 Å². The van der Waals surface area contributed by atoms with Crippen LogP contribution in [0.1, 0.15) is 24.2 Å². The average molecular weight is 469 g/mol. The van der Waals surface area contributed by atoms with Crippen LogP contribution < -0.4 is 15.1 Å². The minimum Gasteiger partial charge on any atom is -0.362 e. The summed E-state index contributed by atoms with van der Waals surface area (Å²) in [6.45, 7) is 0.132. The molecule has 1 amide bonds. The van der Waals surface area contributed by atoms with Crippen LogP contribution in [0.3, 0.4) is 0 Å². The van der Waals surface area contributed by atoms with Gasteiger partial charge in [0.2, 0.25) is 5.91 Å². The summed E-state index contributed by atoms with van der Waals surface area (Å²) in [5, 5.41) is 9.81. The predicted molar refractivity (Wildman–Crippen MR) is 110 cm³/mol. The Bertz CT molecular complexity index is 1060. The second kappa shape index (κ2) is 8.52. The summed E-state index contributed by atoms with van der Waals surface area (Å²) in [5.41, 5.74) is -1.76. The van der Waals surface area contributed by atoms with Crippen molar-refractivity contribution in [2.24, 2.45) is 5.41 Å². The molecule has 0 saturated carbocycles. The molecule has 2 aromatic heterocycles. The topological polar surface area (TPSA) is 98.1 Å². The first kappa shape index (κ1) is 22.8. The number of halogens is 5. The largest absolute Gasteiger partial charge is 0.433 e. The van der Waals surface area contributed by atoms with Crippen molar-refractivity contribution in [1.82, 2.24) is 15.0 Å². The third-order valence-corrected chi connectivity index (χ3v) is 5.70. The van der Waals surface area contributed by atoms with Crippen molar-refractivity contribution in [2.75, 3.05) is 41.3 Å². The number of carbonyl (C=O) groups excluding carboxylic acids is 1. The van der Waals surface area contributed by atoms with Gasteiger partial charge in [-0.3, -0.25) is 9.69 Å². The number of carbonyl (C=O) groups is 1. The lowest BCUT2D eigenvalue weighted by Crippen LogP contribution is -2.66. The summed E-state index contributed by atoms with van der Waals surface area (Å²) in [4.78, 5) is 28.2. The summed E-state index contributed by atoms with van der Waals surface area (Å²) < 4.78 is 64.2. The maximum atomic E-state index is 13.2. The maximum Gasteiger partial charge on any atom is 0.433 e. The SMILES string of the molecule is N=Cc1ncc(N2CC3(CCCN(c4cccc(C(F)(F)F)n4)C3=O)C2)nc1NCC(F)F. The monoisotopic (exact) mass is 469 g/mol. The number of nitrogens with one attached hydrogen (secondary N) is 2. The van der Waals surface area contributed by atoms with E-state index in [1.54, 1.807) is 4.90 Å². The minimum atomic E-state index is -4.61. The van der Waals surface area contributed by atoms with Gasteiger partial charge in [-0.2, -0.15) is 13.2 Å². The van der Waals surface area contributed by atoms with Crippen molar-refractivity contribution < 1.29 is 26.7 Å². The Morgan fingerprint density at radius 3 is 2.64 bits per heavy atom. The molecular formula is C20H20F5N7O. The van der Waals surface area contributed by atoms with Gasteiger partial charge in [0.25, 0.3) is 6.43 Å². The summed E-state index contributed by atoms with van der Waals surface area (Å²) in [5.74, 6) is 0.0385. The van der Waals surface area contributed by atoms with Crippen molar-refractivity contribution in [3.8, 4) is 0 Å². The lowest BCUT2D eigenvalue weighted by molar-refractivity contribution is -0.141. The highest BCUT2D eigenvalue weighted by Crippen LogP contribution is 2.43. The van der Waals surface area contributed by atoms with E-state index in [0.29, 0.717) is 18.7 Å². The van der Waals surface area contributed by atoms with Gasteiger partial charge in [0.15, 0.2) is 5.82 Å². The molecular weight excluding hydrogens is 449 g/mol. The summed E-state index contributed by atoms with van der Waals surface area (Å²) in [6, 6.07) is 3.46. The highest BCUT2D eigenvalue weighted by atomic mass is 19.4. The van der Waals surface area contributed by atoms with E-state index in [2.05, 4.69) is 20.3 Å². The molecule has 2 N–H and O–H groups in total. The van der Waals surface area contributed by atoms with E-state index in [0.717, 1.165) is 12.3 Å². The Morgan fingerprint density at radius 1 is 1.21 bits per heavy atom. The summed E-state index contributed by atoms with van der Waals surface area (Å²) in [6.07, 6.45) is -3.79. The zero-order valence-corrected chi connectivity index (χ0v) is 17.2. The predicted octanol–water partition coefficient (Wildman–Crippen LogP) is 3.20. The number of rotatable bonds is 6. The normalized spacial score (nSPS) is 17.9. The van der Waals surface area contributed by atoms with Gasteiger partial charge in [-0.25, -0.2) is 23.7 Å². The van der Waals surface area contributed by atoms with Crippen molar-refractivity contribution in [3.05, 3.63) is 35.8 Å². The van der Waals surface area contributed by atoms with Gasteiger partial charge in [0.1, 0.15) is 23.0 Å². The Balaban J connectivity index is 1.51. The van der Waals surface area contributed by atoms with Crippen molar-refractivity contribution in [3.63, 3.8) is 0 Å². The van der Waals surface area contributed by atoms with Gasteiger partial charge in [0, 0.05) is 25.8 Å². The highest BCUT2D eigenvalue weighted by Gasteiger charge is 2.53. The number of alkyl halides is 5. The van der Waals surface area contributed by atoms with E-state index in [-0.39, 0.29) is 42.9 Å². The molecule has 0 aliphatic carbocycles. The third-order valence-electron chi connectivity index (χ3n) is 5.70. The average Bonchev–Trinajstić information content (AvgIpc) is 2.76. The Kier molecular flexibility index (Phi) is 5.89. The number of pyridine rings is 1. The molecule has 176 valence electrons. The molecule has 2 fully saturated rings. The van der Waals surface area contributed by atoms with Gasteiger partial charge in [-0.05, 0) is 25.0 Å². The first-order valence-electron chi connectivity index (χ1n) is 10.1. The first-order chi connectivity index (χ1) is 15.6. The number of anilines is 3. The van der Waals surface area contributed by atoms with E-state index >= 15 is 0 Å². The Morgan fingerprint density at radius 2 is 1.97 bits per heavy atom. The minimum absolute atomic E-state index is 0.0357. The molecule has 0 unspecified atom stereocenters. The number of hydrogen-bond donors (Lipinski definition) is 2. The molecule has 1 spiro atoms. The first-order valence-corrected chi connectivity index (χ1v) is 10.1. The molecule has 33 heavy (non-hydrogen) atoms. The fourth-order valence-corrected chi connectivity index (χ4v) is 4.11. The van der Waals surface area contributed by atoms with E-state index in [4.69, 9.17) is 5.41 Å². The third kappa shape index (κ3) is 4.44. The van der Waals surface area contributed by atoms with Crippen LogP contribution in [0.5, 0.6) is 0 Å². The molecule has 0 radical (unpaired) electrons. The van der Waals surface area contributed by atoms with Crippen molar-refractivity contribution >= 4 is 29.6 Å². The zero-order chi connectivity index (χ0) is 23.8. The zero-order valence-electron chi connectivity index (χ0n) is 17.2. The number of nitrogens with zero attached hydrogens (tertiary/aromatic N) is 5. The molecule has 2 saturated heterocycles. The van der Waals surface area contributed by atoms with Gasteiger partial charge in [-0.1, -0.05) is 6.07 Å². The van der Waals surface area contributed by atoms with E-state index in [1.807, 2.05) is 0 Å². The van der Waals surface area contributed by atoms with Crippen molar-refractivity contribution in [1.29, 1.82) is 5.41 Å². The van der Waals surface area contributed by atoms with E-state index in [1.165, 1.54) is 23.2 Å². The second-order valence-electron chi connectivity index (χ2n) is 7.95. The quantitative estimate of drug-likeness (QED) is 0.498. The number of amides is 1. The van der Waals surface area contributed by atoms with Gasteiger partial charge in [-0.15, -0.1) is 0 Å². The second-order valence-corrected chi connectivity index (χ2v) is 7.95. The lowest BCUT2D eigenvalue weighted by atomic mass is 9.72. The van der Waals surface area contributed by atoms with Crippen molar-refractivity contribution in [2.45, 2.75) is 25.4 Å². The smallest absolute Gasteiger partial charge is 0.362 e. The fourth-order valence-electron chi connectivity index (χ4n) is 4.11. The number of hydrogen-bond acceptors (Lipinski definition) is 7. The van der Waals surface area contributed by atoms with Crippen LogP contribution in [0.2, 0.25) is 0 Å². The highest BCUT2D eigenvalue weighted by molar-refractivity contribution is 5.99. The number of aromatic nitrogens is 3. The molecule has 13 heteroatoms. The molecule has 2 aliphatic heterocycles. The van der Waals surface area contributed by atoms with Crippen LogP contribution in [-0.2, 0) is 11.0 Å². The molecule has 2 aliphatic rings. The molecule has 8 nitrogen and oxygen atoms in total. The molecule has 2 aromatic rings.